The first-order valence-corrected chi connectivity index (χ1v) is 10.7. The molecule has 3 nitrogen and oxygen atoms in total. The molecule has 0 spiro atoms. The molecule has 3 aromatic carbocycles. The maximum atomic E-state index is 5.03. The summed E-state index contributed by atoms with van der Waals surface area (Å²) in [6, 6.07) is 29.0. The molecular weight excluding hydrogens is 390 g/mol. The van der Waals surface area contributed by atoms with Crippen molar-refractivity contribution in [1.82, 2.24) is 9.55 Å². The summed E-state index contributed by atoms with van der Waals surface area (Å²) in [6.45, 7) is 6.08. The van der Waals surface area contributed by atoms with Crippen molar-refractivity contribution in [3.05, 3.63) is 137 Å². The van der Waals surface area contributed by atoms with Gasteiger partial charge in [0.25, 0.3) is 0 Å². The van der Waals surface area contributed by atoms with Gasteiger partial charge in [-0.3, -0.25) is 0 Å². The Hall–Kier alpha value is -3.98. The largest absolute Gasteiger partial charge is 0.332 e. The van der Waals surface area contributed by atoms with Crippen molar-refractivity contribution in [2.75, 3.05) is 0 Å². The zero-order valence-electron chi connectivity index (χ0n) is 18.6. The van der Waals surface area contributed by atoms with Gasteiger partial charge in [-0.1, -0.05) is 97.1 Å². The van der Waals surface area contributed by atoms with Crippen LogP contribution in [0.3, 0.4) is 0 Å². The van der Waals surface area contributed by atoms with Crippen LogP contribution in [0.5, 0.6) is 0 Å². The molecular formula is C29H27N3. The molecule has 0 fully saturated rings. The fourth-order valence-corrected chi connectivity index (χ4v) is 3.66. The summed E-state index contributed by atoms with van der Waals surface area (Å²) < 4.78 is 2.06. The number of aryl methyl sites for hydroxylation is 2. The molecule has 158 valence electrons. The van der Waals surface area contributed by atoms with Crippen LogP contribution in [0.4, 0.5) is 0 Å². The molecule has 0 unspecified atom stereocenters. The van der Waals surface area contributed by atoms with Gasteiger partial charge in [0.15, 0.2) is 5.49 Å². The Morgan fingerprint density at radius 3 is 2.38 bits per heavy atom. The van der Waals surface area contributed by atoms with Gasteiger partial charge in [0.2, 0.25) is 0 Å². The Balaban J connectivity index is 1.86. The molecule has 0 aliphatic rings. The number of nitrogens with zero attached hydrogens (tertiary/aromatic N) is 3. The van der Waals surface area contributed by atoms with Crippen LogP contribution in [0.1, 0.15) is 22.4 Å². The van der Waals surface area contributed by atoms with Crippen molar-refractivity contribution in [3.8, 4) is 11.3 Å². The Labute approximate surface area is 189 Å². The van der Waals surface area contributed by atoms with Crippen LogP contribution in [0, 0.1) is 6.92 Å². The van der Waals surface area contributed by atoms with Crippen molar-refractivity contribution in [2.24, 2.45) is 12.0 Å². The molecule has 0 bridgehead atoms. The highest BCUT2D eigenvalue weighted by molar-refractivity contribution is 5.58. The summed E-state index contributed by atoms with van der Waals surface area (Å²) >= 11 is 0. The van der Waals surface area contributed by atoms with Crippen LogP contribution >= 0.6 is 0 Å². The van der Waals surface area contributed by atoms with Gasteiger partial charge in [-0.25, -0.2) is 9.98 Å². The van der Waals surface area contributed by atoms with E-state index in [9.17, 15) is 0 Å². The minimum atomic E-state index is 0.697. The van der Waals surface area contributed by atoms with Gasteiger partial charge >= 0.3 is 0 Å². The van der Waals surface area contributed by atoms with Gasteiger partial charge < -0.3 is 4.57 Å². The normalized spacial score (nSPS) is 12.1. The molecule has 0 saturated heterocycles. The number of rotatable bonds is 6. The zero-order chi connectivity index (χ0) is 22.3. The van der Waals surface area contributed by atoms with Crippen LogP contribution in [0.2, 0.25) is 0 Å². The first-order chi connectivity index (χ1) is 15.6. The predicted molar refractivity (Wildman–Crippen MR) is 133 cm³/mol. The van der Waals surface area contributed by atoms with Crippen LogP contribution in [0.25, 0.3) is 17.3 Å². The number of hydrogen-bond donors (Lipinski definition) is 0. The lowest BCUT2D eigenvalue weighted by molar-refractivity contribution is 0.784. The van der Waals surface area contributed by atoms with Gasteiger partial charge in [0.05, 0.1) is 17.1 Å². The molecule has 0 N–H and O–H groups in total. The first kappa shape index (κ1) is 21.3. The lowest BCUT2D eigenvalue weighted by atomic mass is 10.1. The molecule has 4 aromatic rings. The standard InChI is InChI=1S/C29H27N3/c1-4-26(19-24-15-11-12-22(2)18-24)30-29-27(20-23-13-7-5-8-14-23)31-28(21-32(29)3)25-16-9-6-10-17-25/h4-19,21H,1,20H2,2-3H3/b26-19-,30-29?. The molecule has 1 aromatic heterocycles. The van der Waals surface area contributed by atoms with E-state index in [4.69, 9.17) is 9.98 Å². The van der Waals surface area contributed by atoms with Crippen molar-refractivity contribution >= 4 is 6.08 Å². The molecule has 4 rings (SSSR count). The summed E-state index contributed by atoms with van der Waals surface area (Å²) in [6.07, 6.45) is 6.58. The Kier molecular flexibility index (Phi) is 6.57. The first-order valence-electron chi connectivity index (χ1n) is 10.7. The molecule has 0 radical (unpaired) electrons. The second kappa shape index (κ2) is 9.88. The summed E-state index contributed by atoms with van der Waals surface area (Å²) in [5, 5.41) is 0. The van der Waals surface area contributed by atoms with Gasteiger partial charge in [-0.05, 0) is 30.2 Å². The third kappa shape index (κ3) is 5.19. The summed E-state index contributed by atoms with van der Waals surface area (Å²) in [4.78, 5) is 10.0. The smallest absolute Gasteiger partial charge is 0.155 e. The highest BCUT2D eigenvalue weighted by atomic mass is 15.0. The number of benzene rings is 3. The molecule has 0 aliphatic carbocycles. The van der Waals surface area contributed by atoms with E-state index in [0.29, 0.717) is 6.42 Å². The lowest BCUT2D eigenvalue weighted by Crippen LogP contribution is -2.25. The summed E-state index contributed by atoms with van der Waals surface area (Å²) in [7, 11) is 2.02. The Morgan fingerprint density at radius 1 is 0.969 bits per heavy atom. The maximum Gasteiger partial charge on any atom is 0.155 e. The quantitative estimate of drug-likeness (QED) is 0.348. The number of aromatic nitrogens is 2. The fourth-order valence-electron chi connectivity index (χ4n) is 3.66. The third-order valence-electron chi connectivity index (χ3n) is 5.25. The lowest BCUT2D eigenvalue weighted by Gasteiger charge is -2.11. The van der Waals surface area contributed by atoms with Gasteiger partial charge in [0, 0.05) is 25.2 Å². The number of hydrogen-bond acceptors (Lipinski definition) is 2. The van der Waals surface area contributed by atoms with Crippen molar-refractivity contribution < 1.29 is 0 Å². The molecule has 3 heteroatoms. The fraction of sp³-hybridized carbons (Fsp3) is 0.103. The van der Waals surface area contributed by atoms with Crippen molar-refractivity contribution in [1.29, 1.82) is 0 Å². The average molecular weight is 418 g/mol. The van der Waals surface area contributed by atoms with E-state index in [2.05, 4.69) is 84.8 Å². The highest BCUT2D eigenvalue weighted by Crippen LogP contribution is 2.17. The zero-order valence-corrected chi connectivity index (χ0v) is 18.6. The minimum absolute atomic E-state index is 0.697. The van der Waals surface area contributed by atoms with E-state index in [1.54, 1.807) is 6.08 Å². The molecule has 32 heavy (non-hydrogen) atoms. The van der Waals surface area contributed by atoms with Crippen molar-refractivity contribution in [2.45, 2.75) is 13.3 Å². The predicted octanol–water partition coefficient (Wildman–Crippen LogP) is 6.11. The molecule has 0 atom stereocenters. The van der Waals surface area contributed by atoms with E-state index < -0.39 is 0 Å². The van der Waals surface area contributed by atoms with Crippen molar-refractivity contribution in [3.63, 3.8) is 0 Å². The maximum absolute atomic E-state index is 5.03. The van der Waals surface area contributed by atoms with Gasteiger partial charge in [-0.2, -0.15) is 0 Å². The Morgan fingerprint density at radius 2 is 1.69 bits per heavy atom. The highest BCUT2D eigenvalue weighted by Gasteiger charge is 2.09. The average Bonchev–Trinajstić information content (AvgIpc) is 2.81. The Bertz CT molecular complexity index is 1310. The third-order valence-corrected chi connectivity index (χ3v) is 5.25. The van der Waals surface area contributed by atoms with E-state index >= 15 is 0 Å². The monoisotopic (exact) mass is 417 g/mol. The second-order valence-corrected chi connectivity index (χ2v) is 7.84. The minimum Gasteiger partial charge on any atom is -0.332 e. The molecule has 0 aliphatic heterocycles. The SMILES string of the molecule is C=C/C(=C/c1cccc(C)c1)N=c1c(Cc2ccccc2)nc(-c2ccccc2)cn1C. The van der Waals surface area contributed by atoms with E-state index in [1.165, 1.54) is 11.1 Å². The van der Waals surface area contributed by atoms with Gasteiger partial charge in [0.1, 0.15) is 0 Å². The summed E-state index contributed by atoms with van der Waals surface area (Å²) in [5.74, 6) is 0. The topological polar surface area (TPSA) is 30.2 Å². The molecule has 0 amide bonds. The van der Waals surface area contributed by atoms with E-state index in [1.807, 2.05) is 37.5 Å². The van der Waals surface area contributed by atoms with E-state index in [-0.39, 0.29) is 0 Å². The van der Waals surface area contributed by atoms with Gasteiger partial charge in [-0.15, -0.1) is 0 Å². The molecule has 1 heterocycles. The second-order valence-electron chi connectivity index (χ2n) is 7.84. The van der Waals surface area contributed by atoms with Crippen LogP contribution in [-0.4, -0.2) is 9.55 Å². The summed E-state index contributed by atoms with van der Waals surface area (Å²) in [5.41, 5.74) is 8.09. The number of allylic oxidation sites excluding steroid dienone is 1. The van der Waals surface area contributed by atoms with Crippen LogP contribution in [0.15, 0.2) is 114 Å². The molecule has 0 saturated carbocycles. The van der Waals surface area contributed by atoms with Crippen LogP contribution < -0.4 is 5.49 Å². The van der Waals surface area contributed by atoms with Crippen LogP contribution in [-0.2, 0) is 13.5 Å². The van der Waals surface area contributed by atoms with E-state index in [0.717, 1.165) is 33.7 Å².